The first-order valence-electron chi connectivity index (χ1n) is 5.54. The second-order valence-corrected chi connectivity index (χ2v) is 5.59. The van der Waals surface area contributed by atoms with E-state index in [2.05, 4.69) is 0 Å². The Morgan fingerprint density at radius 3 is 2.47 bits per heavy atom. The van der Waals surface area contributed by atoms with Gasteiger partial charge in [0.2, 0.25) is 0 Å². The van der Waals surface area contributed by atoms with Crippen molar-refractivity contribution in [2.45, 2.75) is 51.4 Å². The Bertz CT molecular complexity index is 269. The highest BCUT2D eigenvalue weighted by molar-refractivity contribution is 5.69. The molecule has 1 saturated heterocycles. The summed E-state index contributed by atoms with van der Waals surface area (Å²) in [6, 6.07) is 0.194. The highest BCUT2D eigenvalue weighted by atomic mass is 16.6. The van der Waals surface area contributed by atoms with Gasteiger partial charge in [0, 0.05) is 18.5 Å². The van der Waals surface area contributed by atoms with Crippen molar-refractivity contribution in [2.75, 3.05) is 6.54 Å². The predicted octanol–water partition coefficient (Wildman–Crippen LogP) is 1.38. The molecule has 1 aliphatic heterocycles. The molecule has 1 amide bonds. The molecule has 1 N–H and O–H groups in total. The number of rotatable bonds is 0. The Balaban J connectivity index is 1.94. The number of amides is 1. The molecule has 15 heavy (non-hydrogen) atoms. The number of hydrogen-bond acceptors (Lipinski definition) is 3. The zero-order valence-corrected chi connectivity index (χ0v) is 9.56. The largest absolute Gasteiger partial charge is 0.444 e. The zero-order valence-electron chi connectivity index (χ0n) is 9.56. The Morgan fingerprint density at radius 2 is 2.07 bits per heavy atom. The van der Waals surface area contributed by atoms with Crippen molar-refractivity contribution in [1.82, 2.24) is 4.90 Å². The molecule has 0 aromatic heterocycles. The number of aliphatic hydroxyl groups excluding tert-OH is 1. The number of aliphatic hydroxyl groups is 1. The van der Waals surface area contributed by atoms with Gasteiger partial charge >= 0.3 is 6.09 Å². The highest BCUT2D eigenvalue weighted by Crippen LogP contribution is 2.38. The van der Waals surface area contributed by atoms with Gasteiger partial charge in [0.25, 0.3) is 0 Å². The van der Waals surface area contributed by atoms with Crippen LogP contribution in [0, 0.1) is 5.92 Å². The Kier molecular flexibility index (Phi) is 2.41. The molecule has 4 heteroatoms. The number of ether oxygens (including phenoxy) is 1. The Hall–Kier alpha value is -0.770. The van der Waals surface area contributed by atoms with E-state index >= 15 is 0 Å². The molecule has 1 saturated carbocycles. The summed E-state index contributed by atoms with van der Waals surface area (Å²) in [7, 11) is 0. The van der Waals surface area contributed by atoms with Crippen molar-refractivity contribution >= 4 is 6.09 Å². The molecule has 0 aromatic rings. The average molecular weight is 213 g/mol. The Labute approximate surface area is 90.2 Å². The van der Waals surface area contributed by atoms with Crippen LogP contribution < -0.4 is 0 Å². The van der Waals surface area contributed by atoms with E-state index < -0.39 is 5.60 Å². The molecule has 0 unspecified atom stereocenters. The van der Waals surface area contributed by atoms with Crippen LogP contribution >= 0.6 is 0 Å². The molecule has 2 bridgehead atoms. The summed E-state index contributed by atoms with van der Waals surface area (Å²) in [5.41, 5.74) is -0.433. The molecule has 3 atom stereocenters. The zero-order chi connectivity index (χ0) is 11.2. The third-order valence-corrected chi connectivity index (χ3v) is 3.13. The molecule has 0 radical (unpaired) electrons. The molecule has 0 spiro atoms. The molecule has 1 aliphatic carbocycles. The summed E-state index contributed by atoms with van der Waals surface area (Å²) in [5.74, 6) is 0.266. The van der Waals surface area contributed by atoms with Gasteiger partial charge in [-0.3, -0.25) is 0 Å². The number of piperidine rings is 1. The molecule has 2 aliphatic rings. The van der Waals surface area contributed by atoms with E-state index in [1.165, 1.54) is 0 Å². The number of nitrogens with zero attached hydrogens (tertiary/aromatic N) is 1. The molecular formula is C11H19NO3. The van der Waals surface area contributed by atoms with E-state index in [0.717, 1.165) is 6.42 Å². The fraction of sp³-hybridized carbons (Fsp3) is 0.909. The third kappa shape index (κ3) is 2.09. The maximum atomic E-state index is 11.8. The summed E-state index contributed by atoms with van der Waals surface area (Å²) in [6.07, 6.45) is 1.19. The van der Waals surface area contributed by atoms with Crippen molar-refractivity contribution in [2.24, 2.45) is 5.92 Å². The predicted molar refractivity (Wildman–Crippen MR) is 55.5 cm³/mol. The lowest BCUT2D eigenvalue weighted by Gasteiger charge is -2.31. The minimum atomic E-state index is -0.433. The van der Waals surface area contributed by atoms with Gasteiger partial charge in [0.1, 0.15) is 5.60 Å². The van der Waals surface area contributed by atoms with E-state index in [4.69, 9.17) is 4.74 Å². The van der Waals surface area contributed by atoms with Gasteiger partial charge in [0.15, 0.2) is 0 Å². The maximum Gasteiger partial charge on any atom is 0.410 e. The van der Waals surface area contributed by atoms with E-state index in [9.17, 15) is 9.90 Å². The quantitative estimate of drug-likeness (QED) is 0.661. The minimum absolute atomic E-state index is 0.194. The monoisotopic (exact) mass is 213 g/mol. The molecule has 0 aromatic carbocycles. The fourth-order valence-electron chi connectivity index (χ4n) is 2.47. The lowest BCUT2D eigenvalue weighted by Crippen LogP contribution is -2.44. The van der Waals surface area contributed by atoms with E-state index in [1.807, 2.05) is 20.8 Å². The van der Waals surface area contributed by atoms with E-state index in [1.54, 1.807) is 4.90 Å². The van der Waals surface area contributed by atoms with Crippen LogP contribution in [0.2, 0.25) is 0 Å². The first-order valence-corrected chi connectivity index (χ1v) is 5.54. The summed E-state index contributed by atoms with van der Waals surface area (Å²) in [4.78, 5) is 13.5. The number of carbonyl (C=O) groups is 1. The lowest BCUT2D eigenvalue weighted by molar-refractivity contribution is 0.00788. The standard InChI is InChI=1S/C11H19NO3/c1-11(2,3)15-10(14)12-6-7-4-8(12)5-9(7)13/h7-9,13H,4-6H2,1-3H3/t7-,8+,9+/m0/s1. The molecule has 2 fully saturated rings. The second kappa shape index (κ2) is 3.37. The van der Waals surface area contributed by atoms with E-state index in [0.29, 0.717) is 13.0 Å². The summed E-state index contributed by atoms with van der Waals surface area (Å²) in [6.45, 7) is 6.26. The molecular weight excluding hydrogens is 194 g/mol. The van der Waals surface area contributed by atoms with Crippen LogP contribution in [0.1, 0.15) is 33.6 Å². The number of carbonyl (C=O) groups excluding carboxylic acids is 1. The SMILES string of the molecule is CC(C)(C)OC(=O)N1C[C@@H]2C[C@@H]1C[C@H]2O. The van der Waals surface area contributed by atoms with Gasteiger partial charge in [0.05, 0.1) is 6.10 Å². The average Bonchev–Trinajstić information content (AvgIpc) is 2.58. The second-order valence-electron chi connectivity index (χ2n) is 5.59. The van der Waals surface area contributed by atoms with Crippen LogP contribution in [0.15, 0.2) is 0 Å². The van der Waals surface area contributed by atoms with Gasteiger partial charge in [-0.15, -0.1) is 0 Å². The van der Waals surface area contributed by atoms with Crippen molar-refractivity contribution < 1.29 is 14.6 Å². The smallest absolute Gasteiger partial charge is 0.410 e. The van der Waals surface area contributed by atoms with Crippen molar-refractivity contribution in [3.8, 4) is 0 Å². The van der Waals surface area contributed by atoms with Gasteiger partial charge in [-0.25, -0.2) is 4.79 Å². The molecule has 2 rings (SSSR count). The summed E-state index contributed by atoms with van der Waals surface area (Å²) < 4.78 is 5.31. The van der Waals surface area contributed by atoms with Crippen molar-refractivity contribution in [3.05, 3.63) is 0 Å². The molecule has 1 heterocycles. The van der Waals surface area contributed by atoms with E-state index in [-0.39, 0.29) is 24.2 Å². The topological polar surface area (TPSA) is 49.8 Å². The van der Waals surface area contributed by atoms with Crippen LogP contribution in [0.5, 0.6) is 0 Å². The first-order chi connectivity index (χ1) is 6.87. The van der Waals surface area contributed by atoms with Crippen LogP contribution in [-0.2, 0) is 4.74 Å². The number of likely N-dealkylation sites (tertiary alicyclic amines) is 1. The summed E-state index contributed by atoms with van der Waals surface area (Å²) in [5, 5.41) is 9.57. The van der Waals surface area contributed by atoms with Gasteiger partial charge < -0.3 is 14.7 Å². The number of fused-ring (bicyclic) bond motifs is 2. The van der Waals surface area contributed by atoms with Gasteiger partial charge in [-0.05, 0) is 33.6 Å². The van der Waals surface area contributed by atoms with Crippen molar-refractivity contribution in [1.29, 1.82) is 0 Å². The number of hydrogen-bond donors (Lipinski definition) is 1. The first kappa shape index (κ1) is 10.7. The fourth-order valence-corrected chi connectivity index (χ4v) is 2.47. The third-order valence-electron chi connectivity index (χ3n) is 3.13. The highest BCUT2D eigenvalue weighted by Gasteiger charge is 2.46. The van der Waals surface area contributed by atoms with Crippen LogP contribution in [0.4, 0.5) is 4.79 Å². The lowest BCUT2D eigenvalue weighted by atomic mass is 10.1. The maximum absolute atomic E-state index is 11.8. The molecule has 4 nitrogen and oxygen atoms in total. The minimum Gasteiger partial charge on any atom is -0.444 e. The van der Waals surface area contributed by atoms with Gasteiger partial charge in [-0.2, -0.15) is 0 Å². The van der Waals surface area contributed by atoms with Gasteiger partial charge in [-0.1, -0.05) is 0 Å². The van der Waals surface area contributed by atoms with Crippen LogP contribution in [0.25, 0.3) is 0 Å². The van der Waals surface area contributed by atoms with Crippen molar-refractivity contribution in [3.63, 3.8) is 0 Å². The molecule has 86 valence electrons. The Morgan fingerprint density at radius 1 is 1.40 bits per heavy atom. The van der Waals surface area contributed by atoms with Crippen LogP contribution in [0.3, 0.4) is 0 Å². The summed E-state index contributed by atoms with van der Waals surface area (Å²) >= 11 is 0. The normalized spacial score (nSPS) is 34.7. The van der Waals surface area contributed by atoms with Crippen LogP contribution in [-0.4, -0.2) is 40.4 Å².